The van der Waals surface area contributed by atoms with Crippen molar-refractivity contribution in [3.63, 3.8) is 0 Å². The maximum absolute atomic E-state index is 13.3. The van der Waals surface area contributed by atoms with Crippen molar-refractivity contribution in [2.75, 3.05) is 26.4 Å². The zero-order valence-electron chi connectivity index (χ0n) is 36.3. The minimum Gasteiger partial charge on any atom is -0.463 e. The molecule has 1 amide bonds. The zero-order chi connectivity index (χ0) is 44.2. The number of carbonyl (C=O) groups excluding carboxylic acids is 6. The Bertz CT molecular complexity index is 1200. The van der Waals surface area contributed by atoms with Crippen LogP contribution in [0.5, 0.6) is 0 Å². The molecule has 0 aliphatic carbocycles. The number of amides is 1. The number of nitrogens with one attached hydrogen (secondary N) is 1. The number of aliphatic hydroxyl groups is 4. The number of rotatable bonds is 33. The van der Waals surface area contributed by atoms with Gasteiger partial charge in [0.05, 0.1) is 18.9 Å². The first-order chi connectivity index (χ1) is 27.4. The number of ether oxygens (including phenoxy) is 5. The molecule has 0 aromatic rings. The average Bonchev–Trinajstić information content (AvgIpc) is 3.12. The van der Waals surface area contributed by atoms with Gasteiger partial charge in [0, 0.05) is 60.5 Å². The fraction of sp³-hybridized carbons (Fsp3) is 0.857. The van der Waals surface area contributed by atoms with E-state index in [0.717, 1.165) is 12.8 Å². The molecule has 16 heteroatoms. The number of esters is 5. The van der Waals surface area contributed by atoms with Crippen LogP contribution in [0.2, 0.25) is 0 Å². The molecule has 16 nitrogen and oxygen atoms in total. The lowest BCUT2D eigenvalue weighted by atomic mass is 9.87. The topological polar surface area (TPSA) is 242 Å². The third kappa shape index (κ3) is 25.9. The highest BCUT2D eigenvalue weighted by Crippen LogP contribution is 2.29. The minimum atomic E-state index is -0.912. The van der Waals surface area contributed by atoms with Crippen molar-refractivity contribution in [3.05, 3.63) is 0 Å². The van der Waals surface area contributed by atoms with E-state index in [1.165, 1.54) is 27.7 Å². The van der Waals surface area contributed by atoms with Gasteiger partial charge in [0.1, 0.15) is 30.5 Å². The summed E-state index contributed by atoms with van der Waals surface area (Å²) in [5.41, 5.74) is 0. The van der Waals surface area contributed by atoms with E-state index in [1.54, 1.807) is 6.92 Å². The summed E-state index contributed by atoms with van der Waals surface area (Å²) in [5.74, 6) is -4.54. The molecule has 0 aromatic carbocycles. The van der Waals surface area contributed by atoms with Gasteiger partial charge in [-0.25, -0.2) is 0 Å². The Morgan fingerprint density at radius 2 is 1.03 bits per heavy atom. The smallest absolute Gasteiger partial charge is 0.306 e. The molecule has 0 aliphatic heterocycles. The maximum atomic E-state index is 13.3. The normalized spacial score (nSPS) is 16.6. The van der Waals surface area contributed by atoms with Gasteiger partial charge < -0.3 is 49.4 Å². The first-order valence-electron chi connectivity index (χ1n) is 21.0. The molecule has 338 valence electrons. The van der Waals surface area contributed by atoms with Crippen molar-refractivity contribution in [1.82, 2.24) is 5.32 Å². The first kappa shape index (κ1) is 54.7. The molecule has 0 fully saturated rings. The summed E-state index contributed by atoms with van der Waals surface area (Å²) in [6.45, 7) is 11.7. The number of carbonyl (C=O) groups is 6. The van der Waals surface area contributed by atoms with Gasteiger partial charge in [0.25, 0.3) is 0 Å². The highest BCUT2D eigenvalue weighted by atomic mass is 16.6. The minimum absolute atomic E-state index is 0.140. The van der Waals surface area contributed by atoms with Gasteiger partial charge >= 0.3 is 29.8 Å². The number of unbranched alkanes of at least 4 members (excludes halogenated alkanes) is 2. The lowest BCUT2D eigenvalue weighted by Crippen LogP contribution is -2.44. The number of hydrogen-bond donors (Lipinski definition) is 5. The second-order valence-corrected chi connectivity index (χ2v) is 15.8. The zero-order valence-corrected chi connectivity index (χ0v) is 36.3. The third-order valence-corrected chi connectivity index (χ3v) is 10.1. The van der Waals surface area contributed by atoms with Gasteiger partial charge in [-0.2, -0.15) is 0 Å². The summed E-state index contributed by atoms with van der Waals surface area (Å²) < 4.78 is 28.8. The van der Waals surface area contributed by atoms with Gasteiger partial charge in [0.2, 0.25) is 5.91 Å². The molecule has 0 heterocycles. The van der Waals surface area contributed by atoms with Crippen LogP contribution in [0.25, 0.3) is 0 Å². The van der Waals surface area contributed by atoms with Gasteiger partial charge in [0.15, 0.2) is 0 Å². The van der Waals surface area contributed by atoms with Crippen molar-refractivity contribution in [2.24, 2.45) is 23.7 Å². The van der Waals surface area contributed by atoms with Gasteiger partial charge in [-0.15, -0.1) is 0 Å². The van der Waals surface area contributed by atoms with Crippen LogP contribution in [0.1, 0.15) is 145 Å². The van der Waals surface area contributed by atoms with Gasteiger partial charge in [-0.1, -0.05) is 33.6 Å². The van der Waals surface area contributed by atoms with Gasteiger partial charge in [-0.3, -0.25) is 28.8 Å². The van der Waals surface area contributed by atoms with E-state index < -0.39 is 78.2 Å². The highest BCUT2D eigenvalue weighted by Gasteiger charge is 2.36. The third-order valence-electron chi connectivity index (χ3n) is 10.1. The summed E-state index contributed by atoms with van der Waals surface area (Å²) in [4.78, 5) is 74.3. The molecule has 0 spiro atoms. The van der Waals surface area contributed by atoms with Crippen molar-refractivity contribution < 1.29 is 72.9 Å². The van der Waals surface area contributed by atoms with Crippen LogP contribution in [0, 0.1) is 23.7 Å². The summed E-state index contributed by atoms with van der Waals surface area (Å²) in [6.07, 6.45) is 1.57. The van der Waals surface area contributed by atoms with Crippen molar-refractivity contribution in [3.8, 4) is 0 Å². The molecule has 0 aliphatic rings. The van der Waals surface area contributed by atoms with E-state index >= 15 is 0 Å². The predicted molar refractivity (Wildman–Crippen MR) is 214 cm³/mol. The Morgan fingerprint density at radius 3 is 1.47 bits per heavy atom. The summed E-state index contributed by atoms with van der Waals surface area (Å²) in [6, 6.07) is -0.532. The van der Waals surface area contributed by atoms with Crippen molar-refractivity contribution >= 4 is 35.8 Å². The molecule has 0 aromatic heterocycles. The Kier molecular flexibility index (Phi) is 29.7. The van der Waals surface area contributed by atoms with Crippen LogP contribution in [-0.2, 0) is 52.5 Å². The van der Waals surface area contributed by atoms with Crippen LogP contribution in [0.3, 0.4) is 0 Å². The highest BCUT2D eigenvalue weighted by molar-refractivity contribution is 5.73. The fourth-order valence-electron chi connectivity index (χ4n) is 7.11. The maximum Gasteiger partial charge on any atom is 0.306 e. The molecular formula is C42H75NO15. The standard InChI is InChI=1S/C42H75NO15/c1-9-10-13-28(3)42(58-41(53)23-35(26-47)17-19-45)39(57-40(52)22-34(25-46)16-18-44)21-27(2)20-36(54-31(6)49)14-11-12-15-37(55-32(7)50)24-38(56-33(8)51)29(4)43-30(5)48/h27-29,34-39,42,44-47H,9-26H2,1-8H3,(H,43,48)/t27-,28+,29-,34?,35?,36+,37+,38-,39-,42+/m0/s1. The molecule has 0 rings (SSSR count). The largest absolute Gasteiger partial charge is 0.463 e. The summed E-state index contributed by atoms with van der Waals surface area (Å²) in [7, 11) is 0. The second kappa shape index (κ2) is 31.6. The number of aliphatic hydroxyl groups excluding tert-OH is 4. The molecular weight excluding hydrogens is 758 g/mol. The number of hydrogen-bond acceptors (Lipinski definition) is 15. The van der Waals surface area contributed by atoms with Crippen molar-refractivity contribution in [2.45, 2.75) is 182 Å². The molecule has 0 bridgehead atoms. The van der Waals surface area contributed by atoms with Crippen molar-refractivity contribution in [1.29, 1.82) is 0 Å². The predicted octanol–water partition coefficient (Wildman–Crippen LogP) is 4.08. The molecule has 0 radical (unpaired) electrons. The van der Waals surface area contributed by atoms with Crippen LogP contribution in [0.15, 0.2) is 0 Å². The Morgan fingerprint density at radius 1 is 0.552 bits per heavy atom. The first-order valence-corrected chi connectivity index (χ1v) is 21.0. The molecule has 0 saturated heterocycles. The van der Waals surface area contributed by atoms with Crippen LogP contribution in [0.4, 0.5) is 0 Å². The lowest BCUT2D eigenvalue weighted by Gasteiger charge is -2.34. The Hall–Kier alpha value is -3.34. The average molecular weight is 834 g/mol. The monoisotopic (exact) mass is 834 g/mol. The van der Waals surface area contributed by atoms with Gasteiger partial charge in [-0.05, 0) is 88.4 Å². The summed E-state index contributed by atoms with van der Waals surface area (Å²) in [5, 5.41) is 41.0. The van der Waals surface area contributed by atoms with Crippen LogP contribution >= 0.6 is 0 Å². The van der Waals surface area contributed by atoms with E-state index in [4.69, 9.17) is 23.7 Å². The molecule has 10 atom stereocenters. The molecule has 2 unspecified atom stereocenters. The molecule has 58 heavy (non-hydrogen) atoms. The van der Waals surface area contributed by atoms with E-state index in [-0.39, 0.29) is 82.7 Å². The second-order valence-electron chi connectivity index (χ2n) is 15.8. The van der Waals surface area contributed by atoms with E-state index in [1.807, 2.05) is 20.8 Å². The lowest BCUT2D eigenvalue weighted by molar-refractivity contribution is -0.176. The molecule has 0 saturated carbocycles. The van der Waals surface area contributed by atoms with E-state index in [0.29, 0.717) is 38.5 Å². The van der Waals surface area contributed by atoms with Crippen LogP contribution in [-0.4, -0.2) is 119 Å². The summed E-state index contributed by atoms with van der Waals surface area (Å²) >= 11 is 0. The van der Waals surface area contributed by atoms with E-state index in [9.17, 15) is 49.2 Å². The Labute approximate surface area is 345 Å². The quantitative estimate of drug-likeness (QED) is 0.0356. The van der Waals surface area contributed by atoms with Crippen LogP contribution < -0.4 is 5.32 Å². The molecule has 5 N–H and O–H groups in total. The van der Waals surface area contributed by atoms with E-state index in [2.05, 4.69) is 5.32 Å². The SMILES string of the molecule is CCCC[C@@H](C)[C@@H](OC(=O)CC(CO)CCO)[C@H](C[C@@H](C)C[C@@H](CCCC[C@H](C[C@H](OC(C)=O)[C@H](C)NC(C)=O)OC(C)=O)OC(C)=O)OC(=O)CC(CO)CCO. The fourth-order valence-corrected chi connectivity index (χ4v) is 7.11. The Balaban J connectivity index is 6.20.